The zero-order chi connectivity index (χ0) is 39.1. The third-order valence-electron chi connectivity index (χ3n) is 12.1. The van der Waals surface area contributed by atoms with Crippen molar-refractivity contribution in [2.24, 2.45) is 0 Å². The molecule has 298 valence electrons. The molecule has 1 amide bonds. The van der Waals surface area contributed by atoms with Crippen LogP contribution in [0.15, 0.2) is 24.3 Å². The second kappa shape index (κ2) is 13.8. The summed E-state index contributed by atoms with van der Waals surface area (Å²) < 4.78 is 77.5. The summed E-state index contributed by atoms with van der Waals surface area (Å²) in [6, 6.07) is 5.50. The summed E-state index contributed by atoms with van der Waals surface area (Å²) in [6.07, 6.45) is 2.50. The van der Waals surface area contributed by atoms with E-state index in [1.807, 2.05) is 32.6 Å². The minimum absolute atomic E-state index is 0.0528. The highest BCUT2D eigenvalue weighted by molar-refractivity contribution is 6.03. The molecular formula is C41H47F3N6O6. The van der Waals surface area contributed by atoms with Gasteiger partial charge in [0.15, 0.2) is 12.6 Å². The van der Waals surface area contributed by atoms with Crippen LogP contribution >= 0.6 is 0 Å². The van der Waals surface area contributed by atoms with Gasteiger partial charge in [-0.05, 0) is 94.0 Å². The van der Waals surface area contributed by atoms with Gasteiger partial charge in [0.05, 0.1) is 23.7 Å². The van der Waals surface area contributed by atoms with E-state index in [9.17, 15) is 9.18 Å². The summed E-state index contributed by atoms with van der Waals surface area (Å²) in [6.45, 7) is 9.09. The number of halogens is 3. The summed E-state index contributed by atoms with van der Waals surface area (Å²) in [5, 5.41) is 1.39. The van der Waals surface area contributed by atoms with Crippen LogP contribution in [0, 0.1) is 11.6 Å². The zero-order valence-corrected chi connectivity index (χ0v) is 32.4. The fraction of sp³-hybridized carbons (Fsp3) is 0.561. The first-order valence-corrected chi connectivity index (χ1v) is 19.6. The SMILES string of the molecule is CCc1c(F)ccc2cc(OCOC)cc(-c3nc4c5c(nc(OC[C@]67CCCN6C[C@H](F)C7)nc5c3F)N3C[C@@H]5CC[C@H]([C@@H]3CO4)N5C(=O)OC(C)(C)C)c12. The van der Waals surface area contributed by atoms with Crippen LogP contribution in [0.1, 0.15) is 65.4 Å². The largest absolute Gasteiger partial charge is 0.475 e. The molecule has 2 aromatic carbocycles. The number of rotatable bonds is 8. The molecule has 2 aromatic heterocycles. The fourth-order valence-electron chi connectivity index (χ4n) is 9.78. The summed E-state index contributed by atoms with van der Waals surface area (Å²) in [5.41, 5.74) is -0.665. The molecule has 5 aliphatic heterocycles. The van der Waals surface area contributed by atoms with Crippen molar-refractivity contribution in [3.8, 4) is 28.9 Å². The Hall–Kier alpha value is -4.63. The van der Waals surface area contributed by atoms with Gasteiger partial charge in [0.2, 0.25) is 5.88 Å². The van der Waals surface area contributed by atoms with E-state index < -0.39 is 28.9 Å². The quantitative estimate of drug-likeness (QED) is 0.173. The zero-order valence-electron chi connectivity index (χ0n) is 32.4. The molecule has 12 nitrogen and oxygen atoms in total. The fourth-order valence-corrected chi connectivity index (χ4v) is 9.78. The van der Waals surface area contributed by atoms with Crippen LogP contribution in [0.4, 0.5) is 23.8 Å². The number of alkyl halides is 1. The summed E-state index contributed by atoms with van der Waals surface area (Å²) in [7, 11) is 1.50. The van der Waals surface area contributed by atoms with E-state index in [0.717, 1.165) is 25.8 Å². The van der Waals surface area contributed by atoms with Crippen molar-refractivity contribution in [2.45, 2.75) is 102 Å². The Bertz CT molecular complexity index is 2220. The van der Waals surface area contributed by atoms with Crippen molar-refractivity contribution >= 4 is 33.6 Å². The Morgan fingerprint density at radius 1 is 1.05 bits per heavy atom. The van der Waals surface area contributed by atoms with Crippen LogP contribution in [-0.2, 0) is 15.9 Å². The molecule has 0 N–H and O–H groups in total. The highest BCUT2D eigenvalue weighted by Crippen LogP contribution is 2.47. The number of pyridine rings is 1. The average molecular weight is 777 g/mol. The van der Waals surface area contributed by atoms with Gasteiger partial charge in [-0.1, -0.05) is 13.0 Å². The number of nitrogens with zero attached hydrogens (tertiary/aromatic N) is 6. The number of carbonyl (C=O) groups excluding carboxylic acids is 1. The molecule has 0 spiro atoms. The maximum atomic E-state index is 17.6. The molecule has 15 heteroatoms. The van der Waals surface area contributed by atoms with E-state index in [2.05, 4.69) is 9.80 Å². The molecule has 9 rings (SSSR count). The molecule has 5 aliphatic rings. The van der Waals surface area contributed by atoms with Gasteiger partial charge in [-0.2, -0.15) is 9.97 Å². The standard InChI is InChI=1S/C41H47F3N6O6/c1-6-26-28(43)10-8-22-14-25(55-21-52-5)15-27(31(22)26)34-33(44)35-32-36(47-38(46-35)54-20-41-12-7-13-48(41)17-23(42)16-41)49-18-24-9-11-29(30(49)19-53-37(32)45-34)50(24)39(51)56-40(2,3)4/h8,10,14-15,23-24,29-30H,6-7,9,11-13,16-21H2,1-5H3/t23-,24+,29-,30+,41-/m1/s1. The Morgan fingerprint density at radius 3 is 2.68 bits per heavy atom. The molecule has 0 saturated carbocycles. The number of aromatic nitrogens is 3. The van der Waals surface area contributed by atoms with Crippen LogP contribution in [-0.4, -0.2) is 113 Å². The highest BCUT2D eigenvalue weighted by Gasteiger charge is 2.52. The molecule has 2 bridgehead atoms. The van der Waals surface area contributed by atoms with Gasteiger partial charge in [-0.15, -0.1) is 0 Å². The summed E-state index contributed by atoms with van der Waals surface area (Å²) in [4.78, 5) is 34.1. The lowest BCUT2D eigenvalue weighted by atomic mass is 9.94. The highest BCUT2D eigenvalue weighted by atomic mass is 19.1. The Balaban J connectivity index is 1.21. The smallest absolute Gasteiger partial charge is 0.410 e. The van der Waals surface area contributed by atoms with Crippen molar-refractivity contribution in [1.29, 1.82) is 0 Å². The minimum atomic E-state index is -0.958. The normalized spacial score (nSPS) is 25.6. The lowest BCUT2D eigenvalue weighted by Crippen LogP contribution is -2.63. The minimum Gasteiger partial charge on any atom is -0.475 e. The van der Waals surface area contributed by atoms with Gasteiger partial charge in [-0.3, -0.25) is 9.80 Å². The van der Waals surface area contributed by atoms with Crippen LogP contribution in [0.2, 0.25) is 0 Å². The number of ether oxygens (including phenoxy) is 5. The summed E-state index contributed by atoms with van der Waals surface area (Å²) in [5.74, 6) is -0.320. The number of fused-ring (bicyclic) bond motifs is 7. The molecule has 0 aliphatic carbocycles. The van der Waals surface area contributed by atoms with Gasteiger partial charge in [0.1, 0.15) is 59.0 Å². The van der Waals surface area contributed by atoms with Crippen molar-refractivity contribution in [2.75, 3.05) is 51.7 Å². The monoisotopic (exact) mass is 776 g/mol. The van der Waals surface area contributed by atoms with Gasteiger partial charge >= 0.3 is 12.1 Å². The lowest BCUT2D eigenvalue weighted by Gasteiger charge is -2.46. The second-order valence-corrected chi connectivity index (χ2v) is 16.7. The third kappa shape index (κ3) is 6.12. The van der Waals surface area contributed by atoms with Gasteiger partial charge in [0.25, 0.3) is 0 Å². The van der Waals surface area contributed by atoms with Gasteiger partial charge in [-0.25, -0.2) is 22.9 Å². The molecule has 56 heavy (non-hydrogen) atoms. The number of carbonyl (C=O) groups is 1. The average Bonchev–Trinajstić information content (AvgIpc) is 3.76. The number of hydrogen-bond acceptors (Lipinski definition) is 11. The molecule has 4 saturated heterocycles. The number of benzene rings is 2. The first kappa shape index (κ1) is 37.0. The van der Waals surface area contributed by atoms with E-state index >= 15 is 8.78 Å². The number of methoxy groups -OCH3 is 1. The van der Waals surface area contributed by atoms with Crippen molar-refractivity contribution in [3.05, 3.63) is 41.5 Å². The van der Waals surface area contributed by atoms with Crippen molar-refractivity contribution in [1.82, 2.24) is 24.8 Å². The van der Waals surface area contributed by atoms with Crippen LogP contribution in [0.5, 0.6) is 17.6 Å². The van der Waals surface area contributed by atoms with E-state index in [0.29, 0.717) is 65.8 Å². The topological polar surface area (TPSA) is 112 Å². The van der Waals surface area contributed by atoms with Crippen LogP contribution in [0.3, 0.4) is 0 Å². The van der Waals surface area contributed by atoms with Crippen LogP contribution < -0.4 is 19.1 Å². The third-order valence-corrected chi connectivity index (χ3v) is 12.1. The maximum absolute atomic E-state index is 17.6. The van der Waals surface area contributed by atoms with E-state index in [4.69, 9.17) is 38.6 Å². The first-order valence-electron chi connectivity index (χ1n) is 19.6. The number of amides is 1. The Labute approximate surface area is 323 Å². The molecule has 0 unspecified atom stereocenters. The molecular weight excluding hydrogens is 729 g/mol. The van der Waals surface area contributed by atoms with E-state index in [1.165, 1.54) is 13.2 Å². The van der Waals surface area contributed by atoms with Gasteiger partial charge in [0, 0.05) is 32.2 Å². The predicted molar refractivity (Wildman–Crippen MR) is 202 cm³/mol. The molecule has 5 atom stereocenters. The number of anilines is 1. The molecule has 4 aromatic rings. The number of piperazine rings is 1. The van der Waals surface area contributed by atoms with Crippen molar-refractivity contribution in [3.63, 3.8) is 0 Å². The molecule has 7 heterocycles. The number of aryl methyl sites for hydroxylation is 1. The van der Waals surface area contributed by atoms with E-state index in [1.54, 1.807) is 18.2 Å². The Kier molecular flexibility index (Phi) is 9.10. The first-order chi connectivity index (χ1) is 26.9. The summed E-state index contributed by atoms with van der Waals surface area (Å²) >= 11 is 0. The van der Waals surface area contributed by atoms with E-state index in [-0.39, 0.29) is 72.7 Å². The Morgan fingerprint density at radius 2 is 1.89 bits per heavy atom. The number of hydrogen-bond donors (Lipinski definition) is 0. The molecule has 4 fully saturated rings. The van der Waals surface area contributed by atoms with Crippen LogP contribution in [0.25, 0.3) is 32.9 Å². The lowest BCUT2D eigenvalue weighted by molar-refractivity contribution is 0.00537. The maximum Gasteiger partial charge on any atom is 0.410 e. The van der Waals surface area contributed by atoms with Crippen molar-refractivity contribution < 1.29 is 41.7 Å². The predicted octanol–water partition coefficient (Wildman–Crippen LogP) is 6.97. The second-order valence-electron chi connectivity index (χ2n) is 16.7. The molecule has 0 radical (unpaired) electrons. The van der Waals surface area contributed by atoms with Gasteiger partial charge < -0.3 is 28.6 Å².